The van der Waals surface area contributed by atoms with Crippen molar-refractivity contribution in [2.45, 2.75) is 46.6 Å². The van der Waals surface area contributed by atoms with Gasteiger partial charge in [-0.15, -0.1) is 0 Å². The van der Waals surface area contributed by atoms with E-state index in [1.54, 1.807) is 7.11 Å². The van der Waals surface area contributed by atoms with Gasteiger partial charge in [0.05, 0.1) is 13.2 Å². The quantitative estimate of drug-likeness (QED) is 0.853. The van der Waals surface area contributed by atoms with Crippen LogP contribution in [0.1, 0.15) is 47.2 Å². The Balaban J connectivity index is 1.92. The average Bonchev–Trinajstić information content (AvgIpc) is 2.52. The molecule has 0 saturated carbocycles. The minimum absolute atomic E-state index is 0.0238. The molecular formula is C21H27NO2. The van der Waals surface area contributed by atoms with Gasteiger partial charge in [0, 0.05) is 6.42 Å². The van der Waals surface area contributed by atoms with E-state index in [1.807, 2.05) is 26.0 Å². The van der Waals surface area contributed by atoms with Crippen molar-refractivity contribution in [1.29, 1.82) is 0 Å². The van der Waals surface area contributed by atoms with Crippen molar-refractivity contribution in [3.05, 3.63) is 64.2 Å². The number of nitrogens with one attached hydrogen (secondary N) is 1. The first-order valence-electron chi connectivity index (χ1n) is 8.40. The second kappa shape index (κ2) is 8.00. The first-order chi connectivity index (χ1) is 11.4. The SMILES string of the molecule is COc1ccc(CCC(=O)NC(C)c2ccc(C)cc2C)cc1C. The number of hydrogen-bond acceptors (Lipinski definition) is 2. The summed E-state index contributed by atoms with van der Waals surface area (Å²) >= 11 is 0. The van der Waals surface area contributed by atoms with Gasteiger partial charge in [0.25, 0.3) is 0 Å². The molecule has 0 radical (unpaired) electrons. The predicted octanol–water partition coefficient (Wildman–Crippen LogP) is 4.43. The van der Waals surface area contributed by atoms with Gasteiger partial charge in [-0.3, -0.25) is 4.79 Å². The van der Waals surface area contributed by atoms with Crippen LogP contribution in [0.15, 0.2) is 36.4 Å². The number of amides is 1. The molecule has 0 bridgehead atoms. The van der Waals surface area contributed by atoms with Crippen LogP contribution in [-0.4, -0.2) is 13.0 Å². The summed E-state index contributed by atoms with van der Waals surface area (Å²) < 4.78 is 5.27. The highest BCUT2D eigenvalue weighted by molar-refractivity contribution is 5.76. The summed E-state index contributed by atoms with van der Waals surface area (Å²) in [5, 5.41) is 3.10. The van der Waals surface area contributed by atoms with Gasteiger partial charge in [-0.25, -0.2) is 0 Å². The number of benzene rings is 2. The van der Waals surface area contributed by atoms with Crippen molar-refractivity contribution in [2.24, 2.45) is 0 Å². The van der Waals surface area contributed by atoms with E-state index in [0.717, 1.165) is 23.3 Å². The van der Waals surface area contributed by atoms with Gasteiger partial charge in [-0.1, -0.05) is 35.9 Å². The predicted molar refractivity (Wildman–Crippen MR) is 98.5 cm³/mol. The van der Waals surface area contributed by atoms with Crippen LogP contribution in [0.5, 0.6) is 5.75 Å². The van der Waals surface area contributed by atoms with E-state index in [9.17, 15) is 4.79 Å². The van der Waals surface area contributed by atoms with Gasteiger partial charge in [-0.05, 0) is 62.4 Å². The number of methoxy groups -OCH3 is 1. The highest BCUT2D eigenvalue weighted by atomic mass is 16.5. The number of carbonyl (C=O) groups is 1. The Morgan fingerprint density at radius 3 is 2.46 bits per heavy atom. The summed E-state index contributed by atoms with van der Waals surface area (Å²) in [7, 11) is 1.67. The van der Waals surface area contributed by atoms with Gasteiger partial charge in [0.1, 0.15) is 5.75 Å². The van der Waals surface area contributed by atoms with E-state index in [1.165, 1.54) is 16.7 Å². The maximum Gasteiger partial charge on any atom is 0.220 e. The third-order valence-corrected chi connectivity index (χ3v) is 4.37. The fourth-order valence-corrected chi connectivity index (χ4v) is 3.06. The minimum atomic E-state index is 0.0238. The van der Waals surface area contributed by atoms with Crippen molar-refractivity contribution in [1.82, 2.24) is 5.32 Å². The summed E-state index contributed by atoms with van der Waals surface area (Å²) in [6.07, 6.45) is 1.22. The third-order valence-electron chi connectivity index (χ3n) is 4.37. The largest absolute Gasteiger partial charge is 0.496 e. The Morgan fingerprint density at radius 1 is 1.08 bits per heavy atom. The molecule has 24 heavy (non-hydrogen) atoms. The van der Waals surface area contributed by atoms with E-state index >= 15 is 0 Å². The highest BCUT2D eigenvalue weighted by Gasteiger charge is 2.12. The second-order valence-corrected chi connectivity index (χ2v) is 6.45. The molecular weight excluding hydrogens is 298 g/mol. The molecule has 0 fully saturated rings. The molecule has 2 rings (SSSR count). The fraction of sp³-hybridized carbons (Fsp3) is 0.381. The number of aryl methyl sites for hydroxylation is 4. The fourth-order valence-electron chi connectivity index (χ4n) is 3.06. The summed E-state index contributed by atoms with van der Waals surface area (Å²) in [6, 6.07) is 12.4. The Hall–Kier alpha value is -2.29. The van der Waals surface area contributed by atoms with Gasteiger partial charge in [0.15, 0.2) is 0 Å². The van der Waals surface area contributed by atoms with Crippen molar-refractivity contribution < 1.29 is 9.53 Å². The van der Waals surface area contributed by atoms with Gasteiger partial charge < -0.3 is 10.1 Å². The Bertz CT molecular complexity index is 722. The van der Waals surface area contributed by atoms with Gasteiger partial charge in [0.2, 0.25) is 5.91 Å². The second-order valence-electron chi connectivity index (χ2n) is 6.45. The molecule has 1 N–H and O–H groups in total. The topological polar surface area (TPSA) is 38.3 Å². The molecule has 0 aliphatic rings. The summed E-state index contributed by atoms with van der Waals surface area (Å²) in [5.74, 6) is 0.961. The van der Waals surface area contributed by atoms with Crippen LogP contribution in [-0.2, 0) is 11.2 Å². The molecule has 0 aliphatic heterocycles. The van der Waals surface area contributed by atoms with Crippen molar-refractivity contribution >= 4 is 5.91 Å². The first kappa shape index (κ1) is 18.1. The molecule has 3 nitrogen and oxygen atoms in total. The molecule has 0 heterocycles. The molecule has 0 saturated heterocycles. The zero-order valence-corrected chi connectivity index (χ0v) is 15.3. The van der Waals surface area contributed by atoms with Crippen molar-refractivity contribution in [3.63, 3.8) is 0 Å². The maximum absolute atomic E-state index is 12.3. The monoisotopic (exact) mass is 325 g/mol. The van der Waals surface area contributed by atoms with Crippen LogP contribution in [0.3, 0.4) is 0 Å². The van der Waals surface area contributed by atoms with Crippen LogP contribution < -0.4 is 10.1 Å². The lowest BCUT2D eigenvalue weighted by Gasteiger charge is -2.17. The van der Waals surface area contributed by atoms with Crippen LogP contribution in [0.25, 0.3) is 0 Å². The molecule has 1 unspecified atom stereocenters. The molecule has 1 amide bonds. The lowest BCUT2D eigenvalue weighted by molar-refractivity contribution is -0.121. The van der Waals surface area contributed by atoms with E-state index in [4.69, 9.17) is 4.74 Å². The Morgan fingerprint density at radius 2 is 1.83 bits per heavy atom. The first-order valence-corrected chi connectivity index (χ1v) is 8.40. The maximum atomic E-state index is 12.3. The molecule has 1 atom stereocenters. The Labute approximate surface area is 145 Å². The van der Waals surface area contributed by atoms with E-state index in [-0.39, 0.29) is 11.9 Å². The summed E-state index contributed by atoms with van der Waals surface area (Å²) in [5.41, 5.74) is 5.88. The smallest absolute Gasteiger partial charge is 0.220 e. The lowest BCUT2D eigenvalue weighted by Crippen LogP contribution is -2.27. The molecule has 0 aliphatic carbocycles. The molecule has 0 spiro atoms. The van der Waals surface area contributed by atoms with Crippen LogP contribution >= 0.6 is 0 Å². The van der Waals surface area contributed by atoms with Gasteiger partial charge in [-0.2, -0.15) is 0 Å². The molecule has 2 aromatic rings. The van der Waals surface area contributed by atoms with Crippen LogP contribution in [0.2, 0.25) is 0 Å². The Kier molecular flexibility index (Phi) is 6.02. The lowest BCUT2D eigenvalue weighted by atomic mass is 10.00. The minimum Gasteiger partial charge on any atom is -0.496 e. The number of ether oxygens (including phenoxy) is 1. The third kappa shape index (κ3) is 4.60. The van der Waals surface area contributed by atoms with E-state index in [0.29, 0.717) is 6.42 Å². The average molecular weight is 325 g/mol. The van der Waals surface area contributed by atoms with Crippen molar-refractivity contribution in [2.75, 3.05) is 7.11 Å². The summed E-state index contributed by atoms with van der Waals surface area (Å²) in [4.78, 5) is 12.3. The van der Waals surface area contributed by atoms with Crippen LogP contribution in [0.4, 0.5) is 0 Å². The zero-order valence-electron chi connectivity index (χ0n) is 15.3. The van der Waals surface area contributed by atoms with Crippen molar-refractivity contribution in [3.8, 4) is 5.75 Å². The molecule has 3 heteroatoms. The number of carbonyl (C=O) groups excluding carboxylic acids is 1. The van der Waals surface area contributed by atoms with Gasteiger partial charge >= 0.3 is 0 Å². The van der Waals surface area contributed by atoms with E-state index < -0.39 is 0 Å². The van der Waals surface area contributed by atoms with Crippen LogP contribution in [0, 0.1) is 20.8 Å². The zero-order chi connectivity index (χ0) is 17.7. The molecule has 0 aromatic heterocycles. The summed E-state index contributed by atoms with van der Waals surface area (Å²) in [6.45, 7) is 8.22. The number of hydrogen-bond donors (Lipinski definition) is 1. The normalized spacial score (nSPS) is 11.9. The molecule has 128 valence electrons. The standard InChI is InChI=1S/C21H27NO2/c1-14-6-9-19(15(2)12-14)17(4)22-21(23)11-8-18-7-10-20(24-5)16(3)13-18/h6-7,9-10,12-13,17H,8,11H2,1-5H3,(H,22,23). The number of rotatable bonds is 6. The highest BCUT2D eigenvalue weighted by Crippen LogP contribution is 2.20. The molecule has 2 aromatic carbocycles. The van der Waals surface area contributed by atoms with E-state index in [2.05, 4.69) is 43.4 Å².